The van der Waals surface area contributed by atoms with Crippen LogP contribution in [0.3, 0.4) is 0 Å². The monoisotopic (exact) mass is 226 g/mol. The second-order valence-corrected chi connectivity index (χ2v) is 3.11. The van der Waals surface area contributed by atoms with Crippen molar-refractivity contribution >= 4 is 23.2 Å². The summed E-state index contributed by atoms with van der Waals surface area (Å²) in [6, 6.07) is 6.41. The number of benzene rings is 1. The van der Waals surface area contributed by atoms with Crippen LogP contribution in [-0.2, 0) is 4.79 Å². The van der Waals surface area contributed by atoms with Gasteiger partial charge in [-0.05, 0) is 31.2 Å². The molecule has 0 fully saturated rings. The minimum Gasteiger partial charge on any atom is -0.494 e. The second kappa shape index (κ2) is 5.51. The van der Waals surface area contributed by atoms with Gasteiger partial charge in [0.15, 0.2) is 0 Å². The van der Waals surface area contributed by atoms with E-state index in [1.54, 1.807) is 24.3 Å². The Morgan fingerprint density at radius 1 is 1.27 bits per heavy atom. The lowest BCUT2D eigenvalue weighted by atomic mass is 10.1. The topological polar surface area (TPSA) is 43.4 Å². The molecule has 80 valence electrons. The van der Waals surface area contributed by atoms with E-state index in [9.17, 15) is 9.59 Å². The van der Waals surface area contributed by atoms with Crippen molar-refractivity contribution in [1.29, 1.82) is 0 Å². The quantitative estimate of drug-likeness (QED) is 0.439. The minimum absolute atomic E-state index is 0.286. The van der Waals surface area contributed by atoms with Crippen LogP contribution in [0.1, 0.15) is 17.3 Å². The molecule has 0 radical (unpaired) electrons. The minimum atomic E-state index is -0.596. The fourth-order valence-electron chi connectivity index (χ4n) is 1.09. The predicted molar refractivity (Wildman–Crippen MR) is 57.7 cm³/mol. The molecule has 1 aromatic carbocycles. The molecule has 0 heterocycles. The number of alkyl halides is 1. The van der Waals surface area contributed by atoms with Crippen molar-refractivity contribution in [2.45, 2.75) is 6.92 Å². The smallest absolute Gasteiger partial charge is 0.229 e. The van der Waals surface area contributed by atoms with Gasteiger partial charge in [-0.15, -0.1) is 11.6 Å². The summed E-state index contributed by atoms with van der Waals surface area (Å²) in [6.45, 7) is 2.43. The van der Waals surface area contributed by atoms with Crippen molar-refractivity contribution in [2.24, 2.45) is 0 Å². The number of hydrogen-bond acceptors (Lipinski definition) is 3. The SMILES string of the molecule is CCOc1ccc(C(=O)C(=O)CCl)cc1. The van der Waals surface area contributed by atoms with E-state index in [-0.39, 0.29) is 5.88 Å². The Kier molecular flexibility index (Phi) is 4.31. The van der Waals surface area contributed by atoms with E-state index in [0.717, 1.165) is 0 Å². The van der Waals surface area contributed by atoms with Gasteiger partial charge in [-0.3, -0.25) is 9.59 Å². The summed E-state index contributed by atoms with van der Waals surface area (Å²) >= 11 is 5.28. The molecule has 0 aromatic heterocycles. The summed E-state index contributed by atoms with van der Waals surface area (Å²) < 4.78 is 5.21. The molecule has 15 heavy (non-hydrogen) atoms. The van der Waals surface area contributed by atoms with Crippen molar-refractivity contribution < 1.29 is 14.3 Å². The zero-order chi connectivity index (χ0) is 11.3. The molecule has 0 aliphatic rings. The summed E-state index contributed by atoms with van der Waals surface area (Å²) in [4.78, 5) is 22.4. The van der Waals surface area contributed by atoms with Crippen LogP contribution < -0.4 is 4.74 Å². The molecular weight excluding hydrogens is 216 g/mol. The molecule has 0 amide bonds. The van der Waals surface area contributed by atoms with Crippen LogP contribution in [-0.4, -0.2) is 24.1 Å². The largest absolute Gasteiger partial charge is 0.494 e. The van der Waals surface area contributed by atoms with Gasteiger partial charge in [0.2, 0.25) is 11.6 Å². The fraction of sp³-hybridized carbons (Fsp3) is 0.273. The highest BCUT2D eigenvalue weighted by Crippen LogP contribution is 2.12. The van der Waals surface area contributed by atoms with E-state index in [4.69, 9.17) is 16.3 Å². The normalized spacial score (nSPS) is 9.73. The maximum Gasteiger partial charge on any atom is 0.229 e. The summed E-state index contributed by atoms with van der Waals surface area (Å²) in [5.41, 5.74) is 0.337. The van der Waals surface area contributed by atoms with Gasteiger partial charge in [-0.1, -0.05) is 0 Å². The van der Waals surface area contributed by atoms with Crippen molar-refractivity contribution in [2.75, 3.05) is 12.5 Å². The Balaban J connectivity index is 2.80. The third kappa shape index (κ3) is 3.06. The molecular formula is C11H11ClO3. The first kappa shape index (κ1) is 11.7. The Morgan fingerprint density at radius 2 is 1.87 bits per heavy atom. The van der Waals surface area contributed by atoms with Crippen LogP contribution in [0, 0.1) is 0 Å². The zero-order valence-electron chi connectivity index (χ0n) is 8.33. The Morgan fingerprint density at radius 3 is 2.33 bits per heavy atom. The zero-order valence-corrected chi connectivity index (χ0v) is 9.08. The molecule has 1 rings (SSSR count). The van der Waals surface area contributed by atoms with Crippen LogP contribution in [0.15, 0.2) is 24.3 Å². The maximum atomic E-state index is 11.4. The molecule has 4 heteroatoms. The fourth-order valence-corrected chi connectivity index (χ4v) is 1.21. The van der Waals surface area contributed by atoms with E-state index >= 15 is 0 Å². The highest BCUT2D eigenvalue weighted by Gasteiger charge is 2.14. The molecule has 0 spiro atoms. The predicted octanol–water partition coefficient (Wildman–Crippen LogP) is 2.08. The highest BCUT2D eigenvalue weighted by molar-refractivity contribution is 6.51. The van der Waals surface area contributed by atoms with Gasteiger partial charge >= 0.3 is 0 Å². The van der Waals surface area contributed by atoms with E-state index in [0.29, 0.717) is 17.9 Å². The van der Waals surface area contributed by atoms with Gasteiger partial charge < -0.3 is 4.74 Å². The lowest BCUT2D eigenvalue weighted by Crippen LogP contribution is -2.15. The third-order valence-electron chi connectivity index (χ3n) is 1.80. The van der Waals surface area contributed by atoms with Crippen LogP contribution in [0.25, 0.3) is 0 Å². The first-order chi connectivity index (χ1) is 7.19. The molecule has 0 bridgehead atoms. The Hall–Kier alpha value is -1.35. The van der Waals surface area contributed by atoms with E-state index in [1.165, 1.54) is 0 Å². The number of halogens is 1. The van der Waals surface area contributed by atoms with Crippen molar-refractivity contribution in [3.05, 3.63) is 29.8 Å². The van der Waals surface area contributed by atoms with E-state index in [2.05, 4.69) is 0 Å². The third-order valence-corrected chi connectivity index (χ3v) is 2.04. The van der Waals surface area contributed by atoms with Gasteiger partial charge in [0.05, 0.1) is 12.5 Å². The van der Waals surface area contributed by atoms with E-state index in [1.807, 2.05) is 6.92 Å². The summed E-state index contributed by atoms with van der Waals surface area (Å²) in [5, 5.41) is 0. The molecule has 0 saturated carbocycles. The number of ketones is 2. The first-order valence-corrected chi connectivity index (χ1v) is 5.08. The average Bonchev–Trinajstić information content (AvgIpc) is 2.28. The number of carbonyl (C=O) groups is 2. The van der Waals surface area contributed by atoms with Crippen LogP contribution in [0.4, 0.5) is 0 Å². The molecule has 1 aromatic rings. The molecule has 0 atom stereocenters. The van der Waals surface area contributed by atoms with Gasteiger partial charge in [0.1, 0.15) is 5.75 Å². The number of ether oxygens (including phenoxy) is 1. The Bertz CT molecular complexity index is 357. The molecule has 0 aliphatic carbocycles. The second-order valence-electron chi connectivity index (χ2n) is 2.84. The van der Waals surface area contributed by atoms with Crippen LogP contribution in [0.5, 0.6) is 5.75 Å². The summed E-state index contributed by atoms with van der Waals surface area (Å²) in [6.07, 6.45) is 0. The molecule has 3 nitrogen and oxygen atoms in total. The lowest BCUT2D eigenvalue weighted by Gasteiger charge is -2.03. The van der Waals surface area contributed by atoms with Crippen molar-refractivity contribution in [3.8, 4) is 5.75 Å². The number of rotatable bonds is 5. The van der Waals surface area contributed by atoms with E-state index < -0.39 is 11.6 Å². The molecule has 0 aliphatic heterocycles. The van der Waals surface area contributed by atoms with Gasteiger partial charge in [-0.25, -0.2) is 0 Å². The number of hydrogen-bond donors (Lipinski definition) is 0. The Labute approximate surface area is 93.0 Å². The lowest BCUT2D eigenvalue weighted by molar-refractivity contribution is -0.112. The summed E-state index contributed by atoms with van der Waals surface area (Å²) in [5.74, 6) is -0.771. The molecule has 0 unspecified atom stereocenters. The van der Waals surface area contributed by atoms with Gasteiger partial charge in [0, 0.05) is 5.56 Å². The van der Waals surface area contributed by atoms with Crippen molar-refractivity contribution in [3.63, 3.8) is 0 Å². The summed E-state index contributed by atoms with van der Waals surface area (Å²) in [7, 11) is 0. The highest BCUT2D eigenvalue weighted by atomic mass is 35.5. The number of Topliss-reactive ketones (excluding diaryl/α,β-unsaturated/α-hetero) is 2. The number of carbonyl (C=O) groups excluding carboxylic acids is 2. The first-order valence-electron chi connectivity index (χ1n) is 4.55. The molecule has 0 N–H and O–H groups in total. The standard InChI is InChI=1S/C11H11ClO3/c1-2-15-9-5-3-8(4-6-9)11(14)10(13)7-12/h3-6H,2,7H2,1H3. The van der Waals surface area contributed by atoms with Gasteiger partial charge in [0.25, 0.3) is 0 Å². The van der Waals surface area contributed by atoms with Crippen LogP contribution >= 0.6 is 11.6 Å². The van der Waals surface area contributed by atoms with Crippen LogP contribution in [0.2, 0.25) is 0 Å². The van der Waals surface area contributed by atoms with Gasteiger partial charge in [-0.2, -0.15) is 0 Å². The molecule has 0 saturated heterocycles. The van der Waals surface area contributed by atoms with Crippen molar-refractivity contribution in [1.82, 2.24) is 0 Å². The average molecular weight is 227 g/mol. The maximum absolute atomic E-state index is 11.4.